The Balaban J connectivity index is 1.55. The van der Waals surface area contributed by atoms with E-state index in [1.54, 1.807) is 4.72 Å². The summed E-state index contributed by atoms with van der Waals surface area (Å²) in [7, 11) is -3.83. The predicted molar refractivity (Wildman–Crippen MR) is 95.5 cm³/mol. The minimum atomic E-state index is -3.83. The van der Waals surface area contributed by atoms with E-state index in [1.807, 2.05) is 0 Å². The number of alkyl halides is 1. The molecule has 0 saturated heterocycles. The van der Waals surface area contributed by atoms with E-state index in [0.29, 0.717) is 25.2 Å². The molecule has 0 aliphatic heterocycles. The van der Waals surface area contributed by atoms with E-state index >= 15 is 0 Å². The molecule has 2 unspecified atom stereocenters. The van der Waals surface area contributed by atoms with Gasteiger partial charge in [0.25, 0.3) is 5.91 Å². The monoisotopic (exact) mass is 419 g/mol. The molecular formula is C18H20ClF2NO4S. The van der Waals surface area contributed by atoms with Gasteiger partial charge in [0.2, 0.25) is 10.0 Å². The first kappa shape index (κ1) is 18.9. The number of rotatable bonds is 4. The molecule has 2 atom stereocenters. The summed E-state index contributed by atoms with van der Waals surface area (Å²) in [5.41, 5.74) is -1.58. The summed E-state index contributed by atoms with van der Waals surface area (Å²) in [6, 6.07) is 2.05. The summed E-state index contributed by atoms with van der Waals surface area (Å²) in [4.78, 5) is 11.9. The van der Waals surface area contributed by atoms with Gasteiger partial charge in [-0.15, -0.1) is 0 Å². The second-order valence-corrected chi connectivity index (χ2v) is 10.3. The molecule has 5 rings (SSSR count). The molecule has 0 spiro atoms. The van der Waals surface area contributed by atoms with E-state index in [2.05, 4.69) is 0 Å². The fourth-order valence-corrected chi connectivity index (χ4v) is 5.89. The van der Waals surface area contributed by atoms with Crippen LogP contribution in [0.5, 0.6) is 5.75 Å². The van der Waals surface area contributed by atoms with Crippen LogP contribution in [0.25, 0.3) is 0 Å². The van der Waals surface area contributed by atoms with Crippen LogP contribution in [-0.4, -0.2) is 32.4 Å². The van der Waals surface area contributed by atoms with E-state index in [4.69, 9.17) is 16.3 Å². The standard InChI is InChI=1S/C18H20ClF2NO4S/c1-27(24,25)22-17(23)12-4-13(19)15(5-14(12)20)26-16-10-2-9-3-11(16)8-18(21,6-9)7-10/h4-5,9-11,16H,2-3,6-8H2,1H3,(H,22,23). The Kier molecular flexibility index (Phi) is 4.42. The third-order valence-corrected chi connectivity index (χ3v) is 6.77. The molecule has 1 N–H and O–H groups in total. The van der Waals surface area contributed by atoms with Crippen LogP contribution >= 0.6 is 11.6 Å². The van der Waals surface area contributed by atoms with Crippen molar-refractivity contribution in [2.45, 2.75) is 43.9 Å². The van der Waals surface area contributed by atoms with Gasteiger partial charge in [-0.3, -0.25) is 4.79 Å². The van der Waals surface area contributed by atoms with E-state index in [9.17, 15) is 22.0 Å². The molecule has 5 nitrogen and oxygen atoms in total. The van der Waals surface area contributed by atoms with Gasteiger partial charge in [0.1, 0.15) is 23.3 Å². The first-order valence-corrected chi connectivity index (χ1v) is 11.2. The van der Waals surface area contributed by atoms with Crippen molar-refractivity contribution in [3.63, 3.8) is 0 Å². The van der Waals surface area contributed by atoms with Gasteiger partial charge in [0.05, 0.1) is 16.8 Å². The largest absolute Gasteiger partial charge is 0.488 e. The molecule has 27 heavy (non-hydrogen) atoms. The molecule has 4 fully saturated rings. The smallest absolute Gasteiger partial charge is 0.267 e. The topological polar surface area (TPSA) is 72.5 Å². The molecule has 1 aromatic carbocycles. The maximum absolute atomic E-state index is 14.8. The summed E-state index contributed by atoms with van der Waals surface area (Å²) >= 11 is 6.16. The van der Waals surface area contributed by atoms with Gasteiger partial charge in [0, 0.05) is 6.07 Å². The normalized spacial score (nSPS) is 34.5. The number of hydrogen-bond donors (Lipinski definition) is 1. The fourth-order valence-electron chi connectivity index (χ4n) is 5.23. The lowest BCUT2D eigenvalue weighted by Gasteiger charge is -2.56. The summed E-state index contributed by atoms with van der Waals surface area (Å²) in [5, 5.41) is 0.0128. The van der Waals surface area contributed by atoms with Crippen LogP contribution in [0.4, 0.5) is 8.78 Å². The maximum atomic E-state index is 14.8. The number of benzene rings is 1. The Morgan fingerprint density at radius 2 is 1.89 bits per heavy atom. The van der Waals surface area contributed by atoms with Crippen LogP contribution in [0.3, 0.4) is 0 Å². The Hall–Kier alpha value is -1.41. The highest BCUT2D eigenvalue weighted by Gasteiger charge is 2.57. The summed E-state index contributed by atoms with van der Waals surface area (Å²) in [6.07, 6.45) is 3.93. The number of amides is 1. The van der Waals surface area contributed by atoms with Gasteiger partial charge in [-0.05, 0) is 55.9 Å². The number of ether oxygens (including phenoxy) is 1. The van der Waals surface area contributed by atoms with E-state index in [0.717, 1.165) is 31.2 Å². The SMILES string of the molecule is CS(=O)(=O)NC(=O)c1cc(Cl)c(OC2C3CC4CC2CC(F)(C4)C3)cc1F. The number of sulfonamides is 1. The first-order valence-electron chi connectivity index (χ1n) is 8.90. The van der Waals surface area contributed by atoms with Crippen molar-refractivity contribution >= 4 is 27.5 Å². The zero-order chi connectivity index (χ0) is 19.6. The van der Waals surface area contributed by atoms with Gasteiger partial charge >= 0.3 is 0 Å². The molecule has 0 aromatic heterocycles. The lowest BCUT2D eigenvalue weighted by molar-refractivity contribution is -0.134. The lowest BCUT2D eigenvalue weighted by atomic mass is 9.53. The third-order valence-electron chi connectivity index (χ3n) is 5.92. The van der Waals surface area contributed by atoms with Gasteiger partial charge in [-0.1, -0.05) is 11.6 Å². The Morgan fingerprint density at radius 1 is 1.26 bits per heavy atom. The molecule has 9 heteroatoms. The molecule has 4 bridgehead atoms. The van der Waals surface area contributed by atoms with E-state index in [-0.39, 0.29) is 28.7 Å². The van der Waals surface area contributed by atoms with E-state index < -0.39 is 33.0 Å². The van der Waals surface area contributed by atoms with Crippen molar-refractivity contribution in [2.75, 3.05) is 6.26 Å². The highest BCUT2D eigenvalue weighted by molar-refractivity contribution is 7.89. The van der Waals surface area contributed by atoms with Gasteiger partial charge in [0.15, 0.2) is 0 Å². The van der Waals surface area contributed by atoms with Crippen molar-refractivity contribution in [1.82, 2.24) is 4.72 Å². The molecule has 0 heterocycles. The van der Waals surface area contributed by atoms with Gasteiger partial charge in [-0.2, -0.15) is 0 Å². The Labute approximate surface area is 161 Å². The number of nitrogens with one attached hydrogen (secondary N) is 1. The predicted octanol–water partition coefficient (Wildman–Crippen LogP) is 3.46. The Morgan fingerprint density at radius 3 is 2.44 bits per heavy atom. The third kappa shape index (κ3) is 3.66. The number of carbonyl (C=O) groups excluding carboxylic acids is 1. The average molecular weight is 420 g/mol. The average Bonchev–Trinajstić information content (AvgIpc) is 2.50. The molecular weight excluding hydrogens is 400 g/mol. The van der Waals surface area contributed by atoms with Gasteiger partial charge in [-0.25, -0.2) is 21.9 Å². The van der Waals surface area contributed by atoms with Crippen molar-refractivity contribution in [3.8, 4) is 5.75 Å². The molecule has 148 valence electrons. The second kappa shape index (κ2) is 6.30. The van der Waals surface area contributed by atoms with Crippen molar-refractivity contribution in [3.05, 3.63) is 28.5 Å². The zero-order valence-electron chi connectivity index (χ0n) is 14.7. The summed E-state index contributed by atoms with van der Waals surface area (Å²) in [5.74, 6) is -1.39. The number of carbonyl (C=O) groups is 1. The van der Waals surface area contributed by atoms with Crippen LogP contribution in [0.2, 0.25) is 5.02 Å². The van der Waals surface area contributed by atoms with Crippen LogP contribution in [-0.2, 0) is 10.0 Å². The molecule has 4 saturated carbocycles. The lowest BCUT2D eigenvalue weighted by Crippen LogP contribution is -2.56. The highest BCUT2D eigenvalue weighted by Crippen LogP contribution is 2.58. The summed E-state index contributed by atoms with van der Waals surface area (Å²) in [6.45, 7) is 0. The van der Waals surface area contributed by atoms with Crippen LogP contribution < -0.4 is 9.46 Å². The molecule has 1 amide bonds. The molecule has 0 radical (unpaired) electrons. The van der Waals surface area contributed by atoms with Crippen LogP contribution in [0, 0.1) is 23.6 Å². The quantitative estimate of drug-likeness (QED) is 0.811. The second-order valence-electron chi connectivity index (χ2n) is 8.17. The minimum Gasteiger partial charge on any atom is -0.488 e. The van der Waals surface area contributed by atoms with Crippen molar-refractivity contribution in [1.29, 1.82) is 0 Å². The van der Waals surface area contributed by atoms with Crippen LogP contribution in [0.1, 0.15) is 42.5 Å². The minimum absolute atomic E-state index is 0.0128. The van der Waals surface area contributed by atoms with Crippen LogP contribution in [0.15, 0.2) is 12.1 Å². The zero-order valence-corrected chi connectivity index (χ0v) is 16.2. The molecule has 1 aromatic rings. The van der Waals surface area contributed by atoms with Crippen molar-refractivity contribution < 1.29 is 26.7 Å². The molecule has 4 aliphatic rings. The maximum Gasteiger partial charge on any atom is 0.267 e. The molecule has 4 aliphatic carbocycles. The highest BCUT2D eigenvalue weighted by atomic mass is 35.5. The Bertz CT molecular complexity index is 891. The summed E-state index contributed by atoms with van der Waals surface area (Å²) < 4.78 is 59.2. The number of hydrogen-bond acceptors (Lipinski definition) is 4. The van der Waals surface area contributed by atoms with Crippen molar-refractivity contribution in [2.24, 2.45) is 17.8 Å². The first-order chi connectivity index (χ1) is 12.5. The van der Waals surface area contributed by atoms with Gasteiger partial charge < -0.3 is 4.74 Å². The number of halogens is 3. The fraction of sp³-hybridized carbons (Fsp3) is 0.611. The van der Waals surface area contributed by atoms with E-state index in [1.165, 1.54) is 0 Å².